The molecule has 1 aromatic rings. The molecule has 0 bridgehead atoms. The molecule has 0 heterocycles. The van der Waals surface area contributed by atoms with Crippen LogP contribution in [0.2, 0.25) is 19.6 Å². The zero-order valence-electron chi connectivity index (χ0n) is 17.5. The number of aliphatic hydroxyl groups is 1. The van der Waals surface area contributed by atoms with Gasteiger partial charge in [-0.2, -0.15) is 0 Å². The van der Waals surface area contributed by atoms with Crippen LogP contribution in [-0.2, 0) is 44.9 Å². The lowest BCUT2D eigenvalue weighted by Gasteiger charge is -2.23. The fraction of sp³-hybridized carbons (Fsp3) is 0.545. The lowest BCUT2D eigenvalue weighted by Crippen LogP contribution is -2.43. The molecule has 0 amide bonds. The number of ether oxygens (including phenoxy) is 2. The van der Waals surface area contributed by atoms with Crippen LogP contribution in [-0.4, -0.2) is 38.3 Å². The van der Waals surface area contributed by atoms with Gasteiger partial charge < -0.3 is 14.6 Å². The molecule has 1 aliphatic carbocycles. The van der Waals surface area contributed by atoms with Crippen LogP contribution in [0.3, 0.4) is 0 Å². The van der Waals surface area contributed by atoms with Gasteiger partial charge in [-0.25, -0.2) is 0 Å². The van der Waals surface area contributed by atoms with E-state index in [0.717, 1.165) is 22.3 Å². The van der Waals surface area contributed by atoms with Gasteiger partial charge in [-0.1, -0.05) is 31.8 Å². The SMILES string of the molecule is CCOC(=O)C1(C(=O)OCC)Cc2cc(CO)c(CC#C[Si](C)(C)C)cc2C1. The van der Waals surface area contributed by atoms with Crippen molar-refractivity contribution in [3.63, 3.8) is 0 Å². The lowest BCUT2D eigenvalue weighted by atomic mass is 9.84. The van der Waals surface area contributed by atoms with E-state index in [0.29, 0.717) is 6.42 Å². The van der Waals surface area contributed by atoms with Crippen molar-refractivity contribution in [2.45, 2.75) is 59.4 Å². The summed E-state index contributed by atoms with van der Waals surface area (Å²) in [6, 6.07) is 3.86. The Bertz CT molecular complexity index is 793. The first-order valence-electron chi connectivity index (χ1n) is 9.75. The number of esters is 2. The summed E-state index contributed by atoms with van der Waals surface area (Å²) in [5.41, 5.74) is 5.52. The van der Waals surface area contributed by atoms with Crippen LogP contribution in [0.1, 0.15) is 36.1 Å². The zero-order chi connectivity index (χ0) is 20.9. The van der Waals surface area contributed by atoms with E-state index >= 15 is 0 Å². The Morgan fingerprint density at radius 1 is 1.04 bits per heavy atom. The monoisotopic (exact) mass is 402 g/mol. The molecule has 0 unspecified atom stereocenters. The number of fused-ring (bicyclic) bond motifs is 1. The topological polar surface area (TPSA) is 72.8 Å². The van der Waals surface area contributed by atoms with Crippen molar-refractivity contribution in [1.82, 2.24) is 0 Å². The van der Waals surface area contributed by atoms with Gasteiger partial charge in [-0.05, 0) is 48.9 Å². The first-order chi connectivity index (χ1) is 13.2. The summed E-state index contributed by atoms with van der Waals surface area (Å²) in [6.45, 7) is 10.3. The molecule has 0 fully saturated rings. The van der Waals surface area contributed by atoms with Crippen molar-refractivity contribution in [2.75, 3.05) is 13.2 Å². The van der Waals surface area contributed by atoms with Crippen molar-refractivity contribution >= 4 is 20.0 Å². The Hall–Kier alpha value is -2.10. The van der Waals surface area contributed by atoms with Crippen LogP contribution in [0, 0.1) is 16.9 Å². The second-order valence-electron chi connectivity index (χ2n) is 8.15. The first kappa shape index (κ1) is 22.2. The smallest absolute Gasteiger partial charge is 0.324 e. The molecule has 152 valence electrons. The van der Waals surface area contributed by atoms with Crippen molar-refractivity contribution in [3.05, 3.63) is 34.4 Å². The third-order valence-electron chi connectivity index (χ3n) is 4.75. The number of hydrogen-bond acceptors (Lipinski definition) is 5. The molecule has 0 spiro atoms. The maximum absolute atomic E-state index is 12.7. The van der Waals surface area contributed by atoms with Gasteiger partial charge in [0.15, 0.2) is 5.41 Å². The van der Waals surface area contributed by atoms with Crippen LogP contribution in [0.5, 0.6) is 0 Å². The van der Waals surface area contributed by atoms with E-state index < -0.39 is 25.4 Å². The Kier molecular flexibility index (Phi) is 7.08. The molecular weight excluding hydrogens is 372 g/mol. The van der Waals surface area contributed by atoms with Crippen LogP contribution in [0.4, 0.5) is 0 Å². The van der Waals surface area contributed by atoms with E-state index in [4.69, 9.17) is 9.47 Å². The van der Waals surface area contributed by atoms with Gasteiger partial charge in [0.05, 0.1) is 19.8 Å². The van der Waals surface area contributed by atoms with Gasteiger partial charge in [0.1, 0.15) is 8.07 Å². The molecule has 5 nitrogen and oxygen atoms in total. The average molecular weight is 403 g/mol. The molecular formula is C22H30O5Si. The van der Waals surface area contributed by atoms with E-state index in [1.165, 1.54) is 0 Å². The average Bonchev–Trinajstić information content (AvgIpc) is 3.00. The van der Waals surface area contributed by atoms with Crippen LogP contribution >= 0.6 is 0 Å². The highest BCUT2D eigenvalue weighted by Crippen LogP contribution is 2.40. The minimum absolute atomic E-state index is 0.108. The molecule has 0 atom stereocenters. The number of carbonyl (C=O) groups excluding carboxylic acids is 2. The van der Waals surface area contributed by atoms with E-state index in [1.54, 1.807) is 13.8 Å². The molecule has 0 saturated carbocycles. The molecule has 2 rings (SSSR count). The molecule has 0 aromatic heterocycles. The van der Waals surface area contributed by atoms with Gasteiger partial charge in [-0.15, -0.1) is 11.5 Å². The maximum Gasteiger partial charge on any atom is 0.324 e. The summed E-state index contributed by atoms with van der Waals surface area (Å²) in [5.74, 6) is 2.14. The normalized spacial score (nSPS) is 14.6. The zero-order valence-corrected chi connectivity index (χ0v) is 18.5. The van der Waals surface area contributed by atoms with Crippen LogP contribution < -0.4 is 0 Å². The highest BCUT2D eigenvalue weighted by Gasteiger charge is 2.53. The Labute approximate surface area is 168 Å². The van der Waals surface area contributed by atoms with Gasteiger partial charge in [0, 0.05) is 6.42 Å². The minimum Gasteiger partial charge on any atom is -0.465 e. The Morgan fingerprint density at radius 2 is 1.54 bits per heavy atom. The maximum atomic E-state index is 12.7. The largest absolute Gasteiger partial charge is 0.465 e. The fourth-order valence-electron chi connectivity index (χ4n) is 3.46. The van der Waals surface area contributed by atoms with Crippen LogP contribution in [0.25, 0.3) is 0 Å². The van der Waals surface area contributed by atoms with E-state index in [2.05, 4.69) is 31.1 Å². The molecule has 0 aliphatic heterocycles. The predicted octanol–water partition coefficient (Wildman–Crippen LogP) is 2.81. The Balaban J connectivity index is 2.40. The number of benzene rings is 1. The second kappa shape index (κ2) is 8.93. The predicted molar refractivity (Wildman–Crippen MR) is 110 cm³/mol. The van der Waals surface area contributed by atoms with E-state index in [9.17, 15) is 14.7 Å². The third-order valence-corrected chi connectivity index (χ3v) is 5.68. The first-order valence-corrected chi connectivity index (χ1v) is 13.3. The summed E-state index contributed by atoms with van der Waals surface area (Å²) in [7, 11) is -1.48. The minimum atomic E-state index is -1.48. The van der Waals surface area contributed by atoms with Crippen LogP contribution in [0.15, 0.2) is 12.1 Å². The lowest BCUT2D eigenvalue weighted by molar-refractivity contribution is -0.171. The van der Waals surface area contributed by atoms with Crippen molar-refractivity contribution in [3.8, 4) is 11.5 Å². The second-order valence-corrected chi connectivity index (χ2v) is 12.9. The number of carbonyl (C=O) groups is 2. The van der Waals surface area contributed by atoms with Gasteiger partial charge >= 0.3 is 11.9 Å². The van der Waals surface area contributed by atoms with E-state index in [-0.39, 0.29) is 32.7 Å². The summed E-state index contributed by atoms with van der Waals surface area (Å²) in [5, 5.41) is 9.80. The summed E-state index contributed by atoms with van der Waals surface area (Å²) >= 11 is 0. The molecule has 1 N–H and O–H groups in total. The van der Waals surface area contributed by atoms with Gasteiger partial charge in [0.25, 0.3) is 0 Å². The Morgan fingerprint density at radius 3 is 1.96 bits per heavy atom. The van der Waals surface area contributed by atoms with Gasteiger partial charge in [-0.3, -0.25) is 9.59 Å². The van der Waals surface area contributed by atoms with Crippen molar-refractivity contribution < 1.29 is 24.2 Å². The highest BCUT2D eigenvalue weighted by atomic mass is 28.3. The fourth-order valence-corrected chi connectivity index (χ4v) is 4.08. The van der Waals surface area contributed by atoms with Gasteiger partial charge in [0.2, 0.25) is 0 Å². The summed E-state index contributed by atoms with van der Waals surface area (Å²) < 4.78 is 10.4. The molecule has 0 saturated heterocycles. The number of hydrogen-bond donors (Lipinski definition) is 1. The van der Waals surface area contributed by atoms with Crippen molar-refractivity contribution in [2.24, 2.45) is 5.41 Å². The number of rotatable bonds is 6. The molecule has 0 radical (unpaired) electrons. The third kappa shape index (κ3) is 4.84. The highest BCUT2D eigenvalue weighted by molar-refractivity contribution is 6.83. The quantitative estimate of drug-likeness (QED) is 0.343. The molecule has 28 heavy (non-hydrogen) atoms. The summed E-state index contributed by atoms with van der Waals surface area (Å²) in [6.07, 6.45) is 1.02. The molecule has 1 aromatic carbocycles. The molecule has 6 heteroatoms. The van der Waals surface area contributed by atoms with E-state index in [1.807, 2.05) is 12.1 Å². The summed E-state index contributed by atoms with van der Waals surface area (Å²) in [4.78, 5) is 25.4. The number of aliphatic hydroxyl groups excluding tert-OH is 1. The molecule has 1 aliphatic rings. The standard InChI is InChI=1S/C22H30O5Si/c1-6-26-20(24)22(21(25)27-7-2)13-17-11-16(9-8-10-28(3,4)5)19(15-23)12-18(17)14-22/h11-12,23H,6-7,9,13-15H2,1-5H3. The van der Waals surface area contributed by atoms with Crippen molar-refractivity contribution in [1.29, 1.82) is 0 Å².